The molecule has 4 nitrogen and oxygen atoms in total. The molecule has 2 rings (SSSR count). The third kappa shape index (κ3) is 3.04. The summed E-state index contributed by atoms with van der Waals surface area (Å²) in [5.74, 6) is 0.653. The van der Waals surface area contributed by atoms with Gasteiger partial charge in [0.05, 0.1) is 18.3 Å². The largest absolute Gasteiger partial charge is 0.494 e. The van der Waals surface area contributed by atoms with Crippen molar-refractivity contribution in [1.29, 1.82) is 0 Å². The minimum atomic E-state index is -0.142. The molecular formula is C12H12N2O2S. The zero-order valence-corrected chi connectivity index (χ0v) is 10.2. The van der Waals surface area contributed by atoms with Gasteiger partial charge in [-0.25, -0.2) is 0 Å². The molecule has 0 atom stereocenters. The number of thiazole rings is 1. The van der Waals surface area contributed by atoms with Gasteiger partial charge in [0.15, 0.2) is 0 Å². The molecule has 0 spiro atoms. The second kappa shape index (κ2) is 5.45. The van der Waals surface area contributed by atoms with Crippen LogP contribution < -0.4 is 10.1 Å². The normalized spacial score (nSPS) is 9.94. The summed E-state index contributed by atoms with van der Waals surface area (Å²) in [6.07, 6.45) is 1.55. The standard InChI is InChI=1S/C12H12N2O2S/c1-2-16-10-5-3-9(4-6-10)14-12(15)11-7-13-8-17-11/h3-8H,2H2,1H3,(H,14,15). The lowest BCUT2D eigenvalue weighted by Crippen LogP contribution is -2.09. The Morgan fingerprint density at radius 1 is 1.41 bits per heavy atom. The van der Waals surface area contributed by atoms with Gasteiger partial charge < -0.3 is 10.1 Å². The lowest BCUT2D eigenvalue weighted by Gasteiger charge is -2.05. The van der Waals surface area contributed by atoms with Crippen molar-refractivity contribution in [3.8, 4) is 5.75 Å². The number of hydrogen-bond acceptors (Lipinski definition) is 4. The lowest BCUT2D eigenvalue weighted by atomic mass is 10.3. The summed E-state index contributed by atoms with van der Waals surface area (Å²) in [5, 5.41) is 2.79. The van der Waals surface area contributed by atoms with Crippen molar-refractivity contribution < 1.29 is 9.53 Å². The maximum Gasteiger partial charge on any atom is 0.267 e. The summed E-state index contributed by atoms with van der Waals surface area (Å²) in [4.78, 5) is 16.2. The number of nitrogens with one attached hydrogen (secondary N) is 1. The summed E-state index contributed by atoms with van der Waals surface area (Å²) >= 11 is 1.31. The molecular weight excluding hydrogens is 236 g/mol. The van der Waals surface area contributed by atoms with Crippen LogP contribution in [0.4, 0.5) is 5.69 Å². The fourth-order valence-electron chi connectivity index (χ4n) is 1.32. The molecule has 0 saturated heterocycles. The molecule has 1 aromatic carbocycles. The van der Waals surface area contributed by atoms with Crippen LogP contribution in [0.1, 0.15) is 16.6 Å². The van der Waals surface area contributed by atoms with Crippen LogP contribution in [0.15, 0.2) is 36.0 Å². The Balaban J connectivity index is 2.01. The molecule has 88 valence electrons. The number of carbonyl (C=O) groups excluding carboxylic acids is 1. The minimum absolute atomic E-state index is 0.142. The highest BCUT2D eigenvalue weighted by molar-refractivity contribution is 7.11. The second-order valence-electron chi connectivity index (χ2n) is 3.28. The maximum atomic E-state index is 11.7. The van der Waals surface area contributed by atoms with Gasteiger partial charge in [-0.05, 0) is 31.2 Å². The number of ether oxygens (including phenoxy) is 1. The van der Waals surface area contributed by atoms with Crippen LogP contribution in [0.5, 0.6) is 5.75 Å². The van der Waals surface area contributed by atoms with Gasteiger partial charge >= 0.3 is 0 Å². The molecule has 0 saturated carbocycles. The van der Waals surface area contributed by atoms with Crippen LogP contribution in [-0.2, 0) is 0 Å². The van der Waals surface area contributed by atoms with E-state index in [1.165, 1.54) is 11.3 Å². The predicted octanol–water partition coefficient (Wildman–Crippen LogP) is 2.79. The monoisotopic (exact) mass is 248 g/mol. The Labute approximate surface area is 103 Å². The second-order valence-corrected chi connectivity index (χ2v) is 4.16. The molecule has 0 aliphatic carbocycles. The van der Waals surface area contributed by atoms with Gasteiger partial charge in [0.25, 0.3) is 5.91 Å². The fraction of sp³-hybridized carbons (Fsp3) is 0.167. The van der Waals surface area contributed by atoms with Gasteiger partial charge in [-0.2, -0.15) is 0 Å². The molecule has 0 radical (unpaired) electrons. The molecule has 0 aliphatic rings. The number of rotatable bonds is 4. The molecule has 0 bridgehead atoms. The number of amides is 1. The number of anilines is 1. The lowest BCUT2D eigenvalue weighted by molar-refractivity contribution is 0.103. The number of nitrogens with zero attached hydrogens (tertiary/aromatic N) is 1. The molecule has 0 fully saturated rings. The van der Waals surface area contributed by atoms with Crippen molar-refractivity contribution in [2.45, 2.75) is 6.92 Å². The first-order valence-corrected chi connectivity index (χ1v) is 6.10. The van der Waals surface area contributed by atoms with E-state index in [-0.39, 0.29) is 5.91 Å². The maximum absolute atomic E-state index is 11.7. The first kappa shape index (κ1) is 11.6. The van der Waals surface area contributed by atoms with Crippen molar-refractivity contribution >= 4 is 22.9 Å². The quantitative estimate of drug-likeness (QED) is 0.905. The summed E-state index contributed by atoms with van der Waals surface area (Å²) < 4.78 is 5.32. The first-order valence-electron chi connectivity index (χ1n) is 5.22. The fourth-order valence-corrected chi connectivity index (χ4v) is 1.84. The van der Waals surface area contributed by atoms with Gasteiger partial charge in [0.1, 0.15) is 10.6 Å². The zero-order valence-electron chi connectivity index (χ0n) is 9.34. The highest BCUT2D eigenvalue weighted by Crippen LogP contribution is 2.17. The van der Waals surface area contributed by atoms with Gasteiger partial charge in [0.2, 0.25) is 0 Å². The van der Waals surface area contributed by atoms with E-state index in [1.54, 1.807) is 11.7 Å². The number of hydrogen-bond donors (Lipinski definition) is 1. The summed E-state index contributed by atoms with van der Waals surface area (Å²) in [6.45, 7) is 2.56. The van der Waals surface area contributed by atoms with Crippen LogP contribution in [0.2, 0.25) is 0 Å². The van der Waals surface area contributed by atoms with E-state index in [9.17, 15) is 4.79 Å². The molecule has 1 aromatic heterocycles. The molecule has 0 aliphatic heterocycles. The van der Waals surface area contributed by atoms with Crippen molar-refractivity contribution in [3.63, 3.8) is 0 Å². The summed E-state index contributed by atoms with van der Waals surface area (Å²) in [7, 11) is 0. The average Bonchev–Trinajstić information content (AvgIpc) is 2.86. The van der Waals surface area contributed by atoms with E-state index in [0.29, 0.717) is 11.5 Å². The van der Waals surface area contributed by atoms with Crippen molar-refractivity contribution in [3.05, 3.63) is 40.8 Å². The third-order valence-electron chi connectivity index (χ3n) is 2.08. The van der Waals surface area contributed by atoms with Crippen molar-refractivity contribution in [2.24, 2.45) is 0 Å². The molecule has 1 amide bonds. The molecule has 2 aromatic rings. The number of benzene rings is 1. The van der Waals surface area contributed by atoms with E-state index in [2.05, 4.69) is 10.3 Å². The van der Waals surface area contributed by atoms with Crippen LogP contribution in [0.3, 0.4) is 0 Å². The average molecular weight is 248 g/mol. The van der Waals surface area contributed by atoms with Crippen LogP contribution >= 0.6 is 11.3 Å². The summed E-state index contributed by atoms with van der Waals surface area (Å²) in [5.41, 5.74) is 2.37. The molecule has 1 N–H and O–H groups in total. The Morgan fingerprint density at radius 2 is 2.18 bits per heavy atom. The van der Waals surface area contributed by atoms with Crippen LogP contribution in [0, 0.1) is 0 Å². The zero-order chi connectivity index (χ0) is 12.1. The highest BCUT2D eigenvalue weighted by Gasteiger charge is 2.07. The van der Waals surface area contributed by atoms with Gasteiger partial charge in [0, 0.05) is 5.69 Å². The Kier molecular flexibility index (Phi) is 3.72. The first-order chi connectivity index (χ1) is 8.29. The molecule has 1 heterocycles. The number of carbonyl (C=O) groups is 1. The Morgan fingerprint density at radius 3 is 2.76 bits per heavy atom. The van der Waals surface area contributed by atoms with E-state index in [0.717, 1.165) is 11.4 Å². The minimum Gasteiger partial charge on any atom is -0.494 e. The van der Waals surface area contributed by atoms with Gasteiger partial charge in [-0.1, -0.05) is 0 Å². The van der Waals surface area contributed by atoms with Crippen LogP contribution in [-0.4, -0.2) is 17.5 Å². The van der Waals surface area contributed by atoms with E-state index < -0.39 is 0 Å². The molecule has 5 heteroatoms. The molecule has 17 heavy (non-hydrogen) atoms. The number of aromatic nitrogens is 1. The van der Waals surface area contributed by atoms with E-state index in [1.807, 2.05) is 31.2 Å². The SMILES string of the molecule is CCOc1ccc(NC(=O)c2cncs2)cc1. The summed E-state index contributed by atoms with van der Waals surface area (Å²) in [6, 6.07) is 7.27. The topological polar surface area (TPSA) is 51.2 Å². The third-order valence-corrected chi connectivity index (χ3v) is 2.85. The van der Waals surface area contributed by atoms with Crippen molar-refractivity contribution in [1.82, 2.24) is 4.98 Å². The molecule has 0 unspecified atom stereocenters. The van der Waals surface area contributed by atoms with E-state index >= 15 is 0 Å². The smallest absolute Gasteiger partial charge is 0.267 e. The highest BCUT2D eigenvalue weighted by atomic mass is 32.1. The Hall–Kier alpha value is -1.88. The van der Waals surface area contributed by atoms with E-state index in [4.69, 9.17) is 4.74 Å². The van der Waals surface area contributed by atoms with Gasteiger partial charge in [-0.3, -0.25) is 9.78 Å². The predicted molar refractivity (Wildman–Crippen MR) is 67.7 cm³/mol. The van der Waals surface area contributed by atoms with Gasteiger partial charge in [-0.15, -0.1) is 11.3 Å². The van der Waals surface area contributed by atoms with Crippen LogP contribution in [0.25, 0.3) is 0 Å². The Bertz CT molecular complexity index is 480. The van der Waals surface area contributed by atoms with Crippen molar-refractivity contribution in [2.75, 3.05) is 11.9 Å².